The molecule has 1 fully saturated rings. The molecule has 1 heterocycles. The number of benzene rings is 1. The van der Waals surface area contributed by atoms with Gasteiger partial charge in [0.1, 0.15) is 4.90 Å². The van der Waals surface area contributed by atoms with E-state index in [1.54, 1.807) is 6.07 Å². The van der Waals surface area contributed by atoms with Crippen LogP contribution in [-0.4, -0.2) is 30.4 Å². The molecule has 6 heteroatoms. The fraction of sp³-hybridized carbons (Fsp3) is 0.538. The van der Waals surface area contributed by atoms with E-state index in [9.17, 15) is 8.42 Å². The van der Waals surface area contributed by atoms with Gasteiger partial charge in [0.15, 0.2) is 0 Å². The summed E-state index contributed by atoms with van der Waals surface area (Å²) in [5.41, 5.74) is 0.551. The second kappa shape index (κ2) is 5.79. The van der Waals surface area contributed by atoms with Crippen LogP contribution in [0.2, 0.25) is 5.02 Å². The van der Waals surface area contributed by atoms with Gasteiger partial charge in [-0.15, -0.1) is 0 Å². The van der Waals surface area contributed by atoms with Gasteiger partial charge < -0.3 is 5.11 Å². The van der Waals surface area contributed by atoms with E-state index in [2.05, 4.69) is 0 Å². The first-order valence-electron chi connectivity index (χ1n) is 6.41. The minimum absolute atomic E-state index is 0.0545. The van der Waals surface area contributed by atoms with Crippen LogP contribution in [0.15, 0.2) is 23.1 Å². The van der Waals surface area contributed by atoms with Crippen molar-refractivity contribution in [1.29, 1.82) is 0 Å². The lowest BCUT2D eigenvalue weighted by Crippen LogP contribution is -2.35. The number of halogens is 1. The first kappa shape index (κ1) is 14.8. The molecule has 0 aliphatic carbocycles. The second-order valence-corrected chi connectivity index (χ2v) is 7.01. The minimum Gasteiger partial charge on any atom is -0.392 e. The van der Waals surface area contributed by atoms with Crippen LogP contribution in [0.4, 0.5) is 0 Å². The molecular weight excluding hydrogens is 286 g/mol. The van der Waals surface area contributed by atoms with Crippen molar-refractivity contribution in [2.75, 3.05) is 6.54 Å². The Morgan fingerprint density at radius 1 is 1.47 bits per heavy atom. The van der Waals surface area contributed by atoms with Crippen molar-refractivity contribution in [2.24, 2.45) is 0 Å². The summed E-state index contributed by atoms with van der Waals surface area (Å²) in [6, 6.07) is 4.67. The fourth-order valence-electron chi connectivity index (χ4n) is 2.50. The Bertz CT molecular complexity index is 559. The predicted octanol–water partition coefficient (Wildman–Crippen LogP) is 2.40. The lowest BCUT2D eigenvalue weighted by molar-refractivity contribution is 0.281. The van der Waals surface area contributed by atoms with Crippen molar-refractivity contribution in [2.45, 2.75) is 43.7 Å². The molecule has 2 rings (SSSR count). The molecule has 19 heavy (non-hydrogen) atoms. The fourth-order valence-corrected chi connectivity index (χ4v) is 4.80. The SMILES string of the molecule is CCC1CCCN1S(=O)(=O)c1cc(CO)ccc1Cl. The summed E-state index contributed by atoms with van der Waals surface area (Å²) < 4.78 is 26.8. The summed E-state index contributed by atoms with van der Waals surface area (Å²) in [5.74, 6) is 0. The highest BCUT2D eigenvalue weighted by Crippen LogP contribution is 2.31. The average molecular weight is 304 g/mol. The molecule has 1 unspecified atom stereocenters. The summed E-state index contributed by atoms with van der Waals surface area (Å²) in [5, 5.41) is 9.34. The molecule has 1 aliphatic rings. The summed E-state index contributed by atoms with van der Waals surface area (Å²) in [4.78, 5) is 0.0982. The van der Waals surface area contributed by atoms with E-state index in [1.807, 2.05) is 6.92 Å². The number of rotatable bonds is 4. The summed E-state index contributed by atoms with van der Waals surface area (Å²) in [6.07, 6.45) is 2.58. The molecule has 1 saturated heterocycles. The molecule has 1 atom stereocenters. The molecule has 106 valence electrons. The third-order valence-corrected chi connectivity index (χ3v) is 5.99. The Morgan fingerprint density at radius 3 is 2.84 bits per heavy atom. The minimum atomic E-state index is -3.57. The Labute approximate surface area is 119 Å². The van der Waals surface area contributed by atoms with E-state index in [4.69, 9.17) is 16.7 Å². The number of hydrogen-bond acceptors (Lipinski definition) is 3. The number of nitrogens with zero attached hydrogens (tertiary/aromatic N) is 1. The maximum Gasteiger partial charge on any atom is 0.244 e. The Balaban J connectivity index is 2.44. The van der Waals surface area contributed by atoms with Gasteiger partial charge in [0, 0.05) is 12.6 Å². The third-order valence-electron chi connectivity index (χ3n) is 3.56. The zero-order valence-corrected chi connectivity index (χ0v) is 12.4. The predicted molar refractivity (Wildman–Crippen MR) is 74.6 cm³/mol. The maximum absolute atomic E-state index is 12.7. The topological polar surface area (TPSA) is 57.6 Å². The highest BCUT2D eigenvalue weighted by atomic mass is 35.5. The number of sulfonamides is 1. The Morgan fingerprint density at radius 2 is 2.21 bits per heavy atom. The average Bonchev–Trinajstić information content (AvgIpc) is 2.88. The summed E-state index contributed by atoms with van der Waals surface area (Å²) in [7, 11) is -3.57. The molecule has 1 N–H and O–H groups in total. The molecule has 0 spiro atoms. The molecular formula is C13H18ClNO3S. The zero-order valence-electron chi connectivity index (χ0n) is 10.8. The van der Waals surface area contributed by atoms with E-state index < -0.39 is 10.0 Å². The van der Waals surface area contributed by atoms with Crippen LogP contribution < -0.4 is 0 Å². The first-order valence-corrected chi connectivity index (χ1v) is 8.23. The first-order chi connectivity index (χ1) is 9.00. The van der Waals surface area contributed by atoms with Gasteiger partial charge in [-0.2, -0.15) is 4.31 Å². The smallest absolute Gasteiger partial charge is 0.244 e. The molecule has 0 saturated carbocycles. The third kappa shape index (κ3) is 2.79. The number of aliphatic hydroxyl groups excluding tert-OH is 1. The van der Waals surface area contributed by atoms with Gasteiger partial charge in [-0.1, -0.05) is 24.6 Å². The standard InChI is InChI=1S/C13H18ClNO3S/c1-2-11-4-3-7-15(11)19(17,18)13-8-10(9-16)5-6-12(13)14/h5-6,8,11,16H,2-4,7,9H2,1H3. The van der Waals surface area contributed by atoms with Crippen LogP contribution in [0.1, 0.15) is 31.7 Å². The highest BCUT2D eigenvalue weighted by Gasteiger charge is 2.35. The van der Waals surface area contributed by atoms with E-state index in [0.717, 1.165) is 19.3 Å². The van der Waals surface area contributed by atoms with Crippen LogP contribution in [0.25, 0.3) is 0 Å². The van der Waals surface area contributed by atoms with Crippen molar-refractivity contribution >= 4 is 21.6 Å². The van der Waals surface area contributed by atoms with Gasteiger partial charge >= 0.3 is 0 Å². The van der Waals surface area contributed by atoms with Gasteiger partial charge in [0.25, 0.3) is 0 Å². The lowest BCUT2D eigenvalue weighted by atomic mass is 10.2. The molecule has 0 amide bonds. The molecule has 4 nitrogen and oxygen atoms in total. The molecule has 0 radical (unpaired) electrons. The van der Waals surface area contributed by atoms with Crippen molar-refractivity contribution < 1.29 is 13.5 Å². The van der Waals surface area contributed by atoms with E-state index in [0.29, 0.717) is 12.1 Å². The van der Waals surface area contributed by atoms with Gasteiger partial charge in [0.2, 0.25) is 10.0 Å². The number of aliphatic hydroxyl groups is 1. The van der Waals surface area contributed by atoms with E-state index in [1.165, 1.54) is 16.4 Å². The second-order valence-electron chi connectivity index (χ2n) is 4.74. The maximum atomic E-state index is 12.7. The van der Waals surface area contributed by atoms with Gasteiger partial charge in [0.05, 0.1) is 11.6 Å². The molecule has 1 aromatic rings. The van der Waals surface area contributed by atoms with Crippen LogP contribution in [0.3, 0.4) is 0 Å². The lowest BCUT2D eigenvalue weighted by Gasteiger charge is -2.23. The monoisotopic (exact) mass is 303 g/mol. The van der Waals surface area contributed by atoms with Crippen molar-refractivity contribution in [1.82, 2.24) is 4.31 Å². The largest absolute Gasteiger partial charge is 0.392 e. The van der Waals surface area contributed by atoms with Gasteiger partial charge in [-0.3, -0.25) is 0 Å². The normalized spacial score (nSPS) is 20.9. The van der Waals surface area contributed by atoms with Crippen LogP contribution in [0.5, 0.6) is 0 Å². The molecule has 0 bridgehead atoms. The van der Waals surface area contributed by atoms with E-state index >= 15 is 0 Å². The number of hydrogen-bond donors (Lipinski definition) is 1. The van der Waals surface area contributed by atoms with Crippen molar-refractivity contribution in [3.8, 4) is 0 Å². The summed E-state index contributed by atoms with van der Waals surface area (Å²) >= 11 is 6.02. The quantitative estimate of drug-likeness (QED) is 0.929. The van der Waals surface area contributed by atoms with E-state index in [-0.39, 0.29) is 22.6 Å². The van der Waals surface area contributed by atoms with Gasteiger partial charge in [-0.05, 0) is 37.0 Å². The van der Waals surface area contributed by atoms with Crippen molar-refractivity contribution in [3.05, 3.63) is 28.8 Å². The van der Waals surface area contributed by atoms with Gasteiger partial charge in [-0.25, -0.2) is 8.42 Å². The van der Waals surface area contributed by atoms with Crippen LogP contribution in [-0.2, 0) is 16.6 Å². The Hall–Kier alpha value is -0.620. The summed E-state index contributed by atoms with van der Waals surface area (Å²) in [6.45, 7) is 2.33. The Kier molecular flexibility index (Phi) is 4.50. The zero-order chi connectivity index (χ0) is 14.0. The molecule has 1 aliphatic heterocycles. The highest BCUT2D eigenvalue weighted by molar-refractivity contribution is 7.89. The van der Waals surface area contributed by atoms with Crippen LogP contribution in [0, 0.1) is 0 Å². The van der Waals surface area contributed by atoms with Crippen molar-refractivity contribution in [3.63, 3.8) is 0 Å². The molecule has 1 aromatic carbocycles. The van der Waals surface area contributed by atoms with Crippen LogP contribution >= 0.6 is 11.6 Å². The molecule has 0 aromatic heterocycles.